The predicted molar refractivity (Wildman–Crippen MR) is 218 cm³/mol. The third kappa shape index (κ3) is 4.76. The molecule has 52 heavy (non-hydrogen) atoms. The van der Waals surface area contributed by atoms with Gasteiger partial charge in [-0.3, -0.25) is 4.98 Å². The molecule has 0 aliphatic heterocycles. The summed E-state index contributed by atoms with van der Waals surface area (Å²) in [5.41, 5.74) is 18.3. The van der Waals surface area contributed by atoms with Gasteiger partial charge in [-0.15, -0.1) is 0 Å². The highest BCUT2D eigenvalue weighted by molar-refractivity contribution is 6.10. The van der Waals surface area contributed by atoms with Gasteiger partial charge in [0.25, 0.3) is 0 Å². The van der Waals surface area contributed by atoms with Crippen molar-refractivity contribution >= 4 is 21.8 Å². The molecule has 0 N–H and O–H groups in total. The first-order chi connectivity index (χ1) is 25.5. The lowest BCUT2D eigenvalue weighted by Crippen LogP contribution is -2.14. The Hall–Kier alpha value is -6.51. The molecule has 0 bridgehead atoms. The summed E-state index contributed by atoms with van der Waals surface area (Å²) in [6.45, 7) is 4.68. The van der Waals surface area contributed by atoms with E-state index in [4.69, 9.17) is 0 Å². The molecule has 0 radical (unpaired) electrons. The molecule has 2 heterocycles. The van der Waals surface area contributed by atoms with E-state index in [1.165, 1.54) is 83.0 Å². The first-order valence-electron chi connectivity index (χ1n) is 18.0. The van der Waals surface area contributed by atoms with E-state index < -0.39 is 0 Å². The predicted octanol–water partition coefficient (Wildman–Crippen LogP) is 13.2. The summed E-state index contributed by atoms with van der Waals surface area (Å²) >= 11 is 0. The molecule has 2 nitrogen and oxygen atoms in total. The van der Waals surface area contributed by atoms with E-state index in [0.717, 1.165) is 11.3 Å². The van der Waals surface area contributed by atoms with E-state index in [0.29, 0.717) is 0 Å². The van der Waals surface area contributed by atoms with Crippen LogP contribution in [0.3, 0.4) is 0 Å². The topological polar surface area (TPSA) is 17.8 Å². The Bertz CT molecular complexity index is 2750. The van der Waals surface area contributed by atoms with Crippen molar-refractivity contribution in [1.82, 2.24) is 9.55 Å². The van der Waals surface area contributed by atoms with Gasteiger partial charge in [-0.1, -0.05) is 141 Å². The fourth-order valence-corrected chi connectivity index (χ4v) is 8.50. The van der Waals surface area contributed by atoms with Gasteiger partial charge in [0.15, 0.2) is 0 Å². The lowest BCUT2D eigenvalue weighted by atomic mass is 9.81. The highest BCUT2D eigenvalue weighted by atomic mass is 15.0. The van der Waals surface area contributed by atoms with Gasteiger partial charge in [0.2, 0.25) is 0 Å². The quantitative estimate of drug-likeness (QED) is 0.179. The lowest BCUT2D eigenvalue weighted by molar-refractivity contribution is 0.660. The maximum atomic E-state index is 4.65. The van der Waals surface area contributed by atoms with Crippen molar-refractivity contribution in [2.75, 3.05) is 0 Å². The SMILES string of the molecule is CC1(C)c2ccccc2-c2ccc(-c3cnccc3-c3ccc4c5ccccc5n(-c5cc(-c6ccccc6)cc(-c6ccccc6)c5)c4c3)cc21. The highest BCUT2D eigenvalue weighted by Gasteiger charge is 2.35. The third-order valence-electron chi connectivity index (χ3n) is 11.1. The number of hydrogen-bond acceptors (Lipinski definition) is 1. The summed E-state index contributed by atoms with van der Waals surface area (Å²) in [5.74, 6) is 0. The fourth-order valence-electron chi connectivity index (χ4n) is 8.50. The summed E-state index contributed by atoms with van der Waals surface area (Å²) in [4.78, 5) is 4.65. The van der Waals surface area contributed by atoms with Crippen molar-refractivity contribution in [1.29, 1.82) is 0 Å². The number of pyridine rings is 1. The molecule has 0 saturated carbocycles. The molecule has 9 aromatic rings. The van der Waals surface area contributed by atoms with Crippen LogP contribution in [0.1, 0.15) is 25.0 Å². The number of para-hydroxylation sites is 1. The summed E-state index contributed by atoms with van der Waals surface area (Å²) in [6.07, 6.45) is 3.95. The Labute approximate surface area is 304 Å². The molecule has 2 heteroatoms. The molecule has 1 aliphatic carbocycles. The molecule has 0 unspecified atom stereocenters. The number of benzene rings is 7. The van der Waals surface area contributed by atoms with Crippen molar-refractivity contribution in [3.8, 4) is 61.3 Å². The van der Waals surface area contributed by atoms with Crippen molar-refractivity contribution in [2.45, 2.75) is 19.3 Å². The van der Waals surface area contributed by atoms with Crippen LogP contribution in [0.4, 0.5) is 0 Å². The van der Waals surface area contributed by atoms with E-state index in [1.54, 1.807) is 0 Å². The van der Waals surface area contributed by atoms with Crippen LogP contribution in [0.25, 0.3) is 83.1 Å². The van der Waals surface area contributed by atoms with Gasteiger partial charge in [0.05, 0.1) is 11.0 Å². The Kier molecular flexibility index (Phi) is 6.87. The number of fused-ring (bicyclic) bond motifs is 6. The number of hydrogen-bond donors (Lipinski definition) is 0. The molecule has 0 spiro atoms. The standard InChI is InChI=1S/C50H36N2/c1-50(2)46-19-11-9-17-41(46)42-23-21-35(30-47(42)50)45-32-51-26-25-40(45)36-22-24-44-43-18-10-12-20-48(43)52(49(44)31-36)39-28-37(33-13-5-3-6-14-33)27-38(29-39)34-15-7-4-8-16-34/h3-32H,1-2H3. The van der Waals surface area contributed by atoms with Crippen LogP contribution in [-0.2, 0) is 5.41 Å². The van der Waals surface area contributed by atoms with Crippen LogP contribution >= 0.6 is 0 Å². The molecule has 10 rings (SSSR count). The highest BCUT2D eigenvalue weighted by Crippen LogP contribution is 2.50. The van der Waals surface area contributed by atoms with Gasteiger partial charge in [0, 0.05) is 39.8 Å². The zero-order valence-corrected chi connectivity index (χ0v) is 29.2. The second-order valence-corrected chi connectivity index (χ2v) is 14.4. The summed E-state index contributed by atoms with van der Waals surface area (Å²) in [6, 6.07) is 62.1. The second kappa shape index (κ2) is 11.8. The maximum absolute atomic E-state index is 4.65. The average molecular weight is 665 g/mol. The normalized spacial score (nSPS) is 13.0. The van der Waals surface area contributed by atoms with Gasteiger partial charge < -0.3 is 4.57 Å². The minimum atomic E-state index is -0.0724. The first-order valence-corrected chi connectivity index (χ1v) is 18.0. The van der Waals surface area contributed by atoms with Crippen molar-refractivity contribution in [3.05, 3.63) is 193 Å². The Morgan fingerprint density at radius 3 is 1.79 bits per heavy atom. The smallest absolute Gasteiger partial charge is 0.0547 e. The summed E-state index contributed by atoms with van der Waals surface area (Å²) in [7, 11) is 0. The zero-order valence-electron chi connectivity index (χ0n) is 29.2. The van der Waals surface area contributed by atoms with Gasteiger partial charge in [-0.2, -0.15) is 0 Å². The van der Waals surface area contributed by atoms with Gasteiger partial charge in [0.1, 0.15) is 0 Å². The minimum Gasteiger partial charge on any atom is -0.309 e. The second-order valence-electron chi connectivity index (χ2n) is 14.4. The van der Waals surface area contributed by atoms with Crippen molar-refractivity contribution in [3.63, 3.8) is 0 Å². The molecule has 1 aliphatic rings. The molecular formula is C50H36N2. The lowest BCUT2D eigenvalue weighted by Gasteiger charge is -2.22. The largest absolute Gasteiger partial charge is 0.309 e. The van der Waals surface area contributed by atoms with Crippen LogP contribution in [0.15, 0.2) is 182 Å². The molecular weight excluding hydrogens is 629 g/mol. The Morgan fingerprint density at radius 2 is 1.02 bits per heavy atom. The van der Waals surface area contributed by atoms with E-state index in [1.807, 2.05) is 12.4 Å². The minimum absolute atomic E-state index is 0.0724. The van der Waals surface area contributed by atoms with E-state index >= 15 is 0 Å². The molecule has 0 atom stereocenters. The van der Waals surface area contributed by atoms with Crippen molar-refractivity contribution < 1.29 is 0 Å². The van der Waals surface area contributed by atoms with Crippen molar-refractivity contribution in [2.24, 2.45) is 0 Å². The number of aromatic nitrogens is 2. The first kappa shape index (κ1) is 30.3. The van der Waals surface area contributed by atoms with Crippen LogP contribution in [0, 0.1) is 0 Å². The Balaban J connectivity index is 1.17. The van der Waals surface area contributed by atoms with Crippen LogP contribution in [0.2, 0.25) is 0 Å². The van der Waals surface area contributed by atoms with E-state index in [2.05, 4.69) is 193 Å². The van der Waals surface area contributed by atoms with Crippen LogP contribution in [0.5, 0.6) is 0 Å². The van der Waals surface area contributed by atoms with E-state index in [9.17, 15) is 0 Å². The van der Waals surface area contributed by atoms with Gasteiger partial charge in [-0.25, -0.2) is 0 Å². The van der Waals surface area contributed by atoms with Crippen LogP contribution < -0.4 is 0 Å². The Morgan fingerprint density at radius 1 is 0.404 bits per heavy atom. The van der Waals surface area contributed by atoms with Gasteiger partial charge in [-0.05, 0) is 104 Å². The molecule has 7 aromatic carbocycles. The summed E-state index contributed by atoms with van der Waals surface area (Å²) in [5, 5.41) is 2.48. The zero-order chi connectivity index (χ0) is 34.8. The average Bonchev–Trinajstić information content (AvgIpc) is 3.66. The van der Waals surface area contributed by atoms with Crippen LogP contribution in [-0.4, -0.2) is 9.55 Å². The number of rotatable bonds is 5. The summed E-state index contributed by atoms with van der Waals surface area (Å²) < 4.78 is 2.45. The molecule has 246 valence electrons. The van der Waals surface area contributed by atoms with Gasteiger partial charge >= 0.3 is 0 Å². The molecule has 0 fully saturated rings. The molecule has 0 amide bonds. The third-order valence-corrected chi connectivity index (χ3v) is 11.1. The maximum Gasteiger partial charge on any atom is 0.0547 e. The molecule has 2 aromatic heterocycles. The number of nitrogens with zero attached hydrogens (tertiary/aromatic N) is 2. The fraction of sp³-hybridized carbons (Fsp3) is 0.0600. The molecule has 0 saturated heterocycles. The monoisotopic (exact) mass is 664 g/mol. The van der Waals surface area contributed by atoms with E-state index in [-0.39, 0.29) is 5.41 Å².